The number of fused-ring (bicyclic) bond motifs is 1. The fraction of sp³-hybridized carbons (Fsp3) is 0.154. The molecule has 0 aliphatic carbocycles. The van der Waals surface area contributed by atoms with E-state index in [0.29, 0.717) is 12.2 Å². The lowest BCUT2D eigenvalue weighted by atomic mass is 10.1. The number of benzene rings is 2. The average molecular weight is 237 g/mol. The van der Waals surface area contributed by atoms with E-state index in [1.165, 1.54) is 0 Å². The minimum absolute atomic E-state index is 0. The van der Waals surface area contributed by atoms with Gasteiger partial charge in [0.1, 0.15) is 5.75 Å². The predicted octanol–water partition coefficient (Wildman–Crippen LogP) is 3.58. The van der Waals surface area contributed by atoms with Gasteiger partial charge in [0.2, 0.25) is 0 Å². The smallest absolute Gasteiger partial charge is 0.310 e. The van der Waals surface area contributed by atoms with Gasteiger partial charge in [0.25, 0.3) is 0 Å². The molecule has 0 saturated heterocycles. The molecule has 0 amide bonds. The van der Waals surface area contributed by atoms with E-state index >= 15 is 0 Å². The lowest BCUT2D eigenvalue weighted by molar-refractivity contribution is -0.134. The van der Waals surface area contributed by atoms with Gasteiger partial charge in [0, 0.05) is 6.42 Å². The third kappa shape index (κ3) is 2.74. The molecule has 3 heteroatoms. The van der Waals surface area contributed by atoms with Crippen LogP contribution in [0.3, 0.4) is 0 Å². The minimum atomic E-state index is -0.203. The highest BCUT2D eigenvalue weighted by Gasteiger charge is 2.01. The molecule has 2 aromatic carbocycles. The molecule has 2 aromatic rings. The highest BCUT2D eigenvalue weighted by atomic mass is 35.5. The van der Waals surface area contributed by atoms with Crippen LogP contribution < -0.4 is 4.74 Å². The normalized spacial score (nSPS) is 9.56. The molecule has 0 aliphatic rings. The van der Waals surface area contributed by atoms with Crippen LogP contribution in [0.15, 0.2) is 42.5 Å². The number of ether oxygens (including phenoxy) is 1. The van der Waals surface area contributed by atoms with Gasteiger partial charge in [0.15, 0.2) is 0 Å². The summed E-state index contributed by atoms with van der Waals surface area (Å²) in [7, 11) is 0. The first-order valence-corrected chi connectivity index (χ1v) is 4.99. The van der Waals surface area contributed by atoms with E-state index in [1.807, 2.05) is 42.5 Å². The van der Waals surface area contributed by atoms with Crippen LogP contribution in [0.1, 0.15) is 13.3 Å². The van der Waals surface area contributed by atoms with Crippen molar-refractivity contribution in [2.24, 2.45) is 0 Å². The van der Waals surface area contributed by atoms with Gasteiger partial charge in [-0.1, -0.05) is 37.3 Å². The highest BCUT2D eigenvalue weighted by molar-refractivity contribution is 5.85. The van der Waals surface area contributed by atoms with Gasteiger partial charge in [-0.05, 0) is 22.9 Å². The molecule has 0 aromatic heterocycles. The van der Waals surface area contributed by atoms with Gasteiger partial charge in [0.05, 0.1) is 0 Å². The van der Waals surface area contributed by atoms with Crippen LogP contribution in [0.5, 0.6) is 5.75 Å². The molecule has 0 N–H and O–H groups in total. The lowest BCUT2D eigenvalue weighted by Gasteiger charge is -2.03. The van der Waals surface area contributed by atoms with Gasteiger partial charge in [-0.3, -0.25) is 4.79 Å². The molecule has 0 spiro atoms. The van der Waals surface area contributed by atoms with Crippen molar-refractivity contribution in [2.75, 3.05) is 0 Å². The Labute approximate surface area is 101 Å². The SMILES string of the molecule is CCC(=O)Oc1ccc2ccccc2c1.Cl. The van der Waals surface area contributed by atoms with Crippen molar-refractivity contribution >= 4 is 29.1 Å². The van der Waals surface area contributed by atoms with E-state index in [1.54, 1.807) is 6.92 Å². The second-order valence-corrected chi connectivity index (χ2v) is 3.34. The van der Waals surface area contributed by atoms with E-state index in [2.05, 4.69) is 0 Å². The second kappa shape index (κ2) is 5.52. The molecule has 0 aliphatic heterocycles. The molecule has 0 fully saturated rings. The average Bonchev–Trinajstić information content (AvgIpc) is 2.29. The minimum Gasteiger partial charge on any atom is -0.427 e. The Kier molecular flexibility index (Phi) is 4.32. The lowest BCUT2D eigenvalue weighted by Crippen LogP contribution is -2.05. The fourth-order valence-electron chi connectivity index (χ4n) is 1.43. The van der Waals surface area contributed by atoms with E-state index < -0.39 is 0 Å². The number of hydrogen-bond acceptors (Lipinski definition) is 2. The summed E-state index contributed by atoms with van der Waals surface area (Å²) in [4.78, 5) is 11.1. The summed E-state index contributed by atoms with van der Waals surface area (Å²) in [6, 6.07) is 13.6. The van der Waals surface area contributed by atoms with Crippen molar-refractivity contribution in [1.29, 1.82) is 0 Å². The molecule has 0 atom stereocenters. The van der Waals surface area contributed by atoms with Crippen LogP contribution in [0.25, 0.3) is 10.8 Å². The fourth-order valence-corrected chi connectivity index (χ4v) is 1.43. The summed E-state index contributed by atoms with van der Waals surface area (Å²) < 4.78 is 5.13. The molecule has 0 saturated carbocycles. The van der Waals surface area contributed by atoms with Crippen molar-refractivity contribution in [1.82, 2.24) is 0 Å². The van der Waals surface area contributed by atoms with Gasteiger partial charge in [-0.15, -0.1) is 12.4 Å². The van der Waals surface area contributed by atoms with Gasteiger partial charge < -0.3 is 4.74 Å². The summed E-state index contributed by atoms with van der Waals surface area (Å²) in [6.07, 6.45) is 0.396. The number of carbonyl (C=O) groups is 1. The Balaban J connectivity index is 0.00000128. The van der Waals surface area contributed by atoms with Crippen molar-refractivity contribution < 1.29 is 9.53 Å². The van der Waals surface area contributed by atoms with Crippen LogP contribution in [0.4, 0.5) is 0 Å². The largest absolute Gasteiger partial charge is 0.427 e. The van der Waals surface area contributed by atoms with E-state index in [4.69, 9.17) is 4.74 Å². The number of carbonyl (C=O) groups excluding carboxylic acids is 1. The van der Waals surface area contributed by atoms with Crippen molar-refractivity contribution in [3.63, 3.8) is 0 Å². The molecule has 2 rings (SSSR count). The number of esters is 1. The molecule has 2 nitrogen and oxygen atoms in total. The first-order chi connectivity index (χ1) is 7.29. The van der Waals surface area contributed by atoms with Crippen LogP contribution in [0.2, 0.25) is 0 Å². The monoisotopic (exact) mass is 236 g/mol. The first-order valence-electron chi connectivity index (χ1n) is 4.99. The second-order valence-electron chi connectivity index (χ2n) is 3.34. The molecule has 0 radical (unpaired) electrons. The van der Waals surface area contributed by atoms with E-state index in [9.17, 15) is 4.79 Å². The Hall–Kier alpha value is -1.54. The maximum absolute atomic E-state index is 11.1. The van der Waals surface area contributed by atoms with Crippen molar-refractivity contribution in [3.8, 4) is 5.75 Å². The molecule has 0 unspecified atom stereocenters. The summed E-state index contributed by atoms with van der Waals surface area (Å²) >= 11 is 0. The van der Waals surface area contributed by atoms with Crippen LogP contribution in [0, 0.1) is 0 Å². The van der Waals surface area contributed by atoms with Gasteiger partial charge in [-0.2, -0.15) is 0 Å². The quantitative estimate of drug-likeness (QED) is 0.589. The molecule has 0 bridgehead atoms. The maximum Gasteiger partial charge on any atom is 0.310 e. The summed E-state index contributed by atoms with van der Waals surface area (Å²) in [5, 5.41) is 2.23. The zero-order chi connectivity index (χ0) is 10.7. The zero-order valence-corrected chi connectivity index (χ0v) is 9.79. The van der Waals surface area contributed by atoms with Crippen LogP contribution >= 0.6 is 12.4 Å². The molecule has 0 heterocycles. The predicted molar refractivity (Wildman–Crippen MR) is 67.1 cm³/mol. The molecular weight excluding hydrogens is 224 g/mol. The van der Waals surface area contributed by atoms with Crippen molar-refractivity contribution in [2.45, 2.75) is 13.3 Å². The number of halogens is 1. The zero-order valence-electron chi connectivity index (χ0n) is 8.97. The maximum atomic E-state index is 11.1. The number of rotatable bonds is 2. The number of hydrogen-bond donors (Lipinski definition) is 0. The molecule has 16 heavy (non-hydrogen) atoms. The third-order valence-corrected chi connectivity index (χ3v) is 2.24. The Bertz CT molecular complexity index is 494. The third-order valence-electron chi connectivity index (χ3n) is 2.24. The Morgan fingerprint density at radius 1 is 1.12 bits per heavy atom. The van der Waals surface area contributed by atoms with Crippen LogP contribution in [-0.2, 0) is 4.79 Å². The Morgan fingerprint density at radius 3 is 2.50 bits per heavy atom. The topological polar surface area (TPSA) is 26.3 Å². The molecule has 84 valence electrons. The van der Waals surface area contributed by atoms with Gasteiger partial charge >= 0.3 is 5.97 Å². The van der Waals surface area contributed by atoms with Gasteiger partial charge in [-0.25, -0.2) is 0 Å². The molecular formula is C13H13ClO2. The summed E-state index contributed by atoms with van der Waals surface area (Å²) in [6.45, 7) is 1.78. The Morgan fingerprint density at radius 2 is 1.81 bits per heavy atom. The van der Waals surface area contributed by atoms with E-state index in [0.717, 1.165) is 10.8 Å². The summed E-state index contributed by atoms with van der Waals surface area (Å²) in [5.41, 5.74) is 0. The highest BCUT2D eigenvalue weighted by Crippen LogP contribution is 2.20. The first kappa shape index (κ1) is 12.5. The standard InChI is InChI=1S/C13H12O2.ClH/c1-2-13(14)15-12-8-7-10-5-3-4-6-11(10)9-12;/h3-9H,2H2,1H3;1H. The van der Waals surface area contributed by atoms with Crippen molar-refractivity contribution in [3.05, 3.63) is 42.5 Å². The summed E-state index contributed by atoms with van der Waals surface area (Å²) in [5.74, 6) is 0.408. The van der Waals surface area contributed by atoms with Crippen LogP contribution in [-0.4, -0.2) is 5.97 Å². The van der Waals surface area contributed by atoms with E-state index in [-0.39, 0.29) is 18.4 Å².